The van der Waals surface area contributed by atoms with Crippen LogP contribution in [-0.4, -0.2) is 65.5 Å². The maximum Gasteiger partial charge on any atom is 0.173 e. The number of hydrogen-bond acceptors (Lipinski definition) is 7. The minimum absolute atomic E-state index is 0.270. The van der Waals surface area contributed by atoms with Gasteiger partial charge in [-0.15, -0.1) is 5.10 Å². The Kier molecular flexibility index (Phi) is 7.08. The average molecular weight is 489 g/mol. The van der Waals surface area contributed by atoms with Crippen molar-refractivity contribution in [3.8, 4) is 11.5 Å². The van der Waals surface area contributed by atoms with Crippen molar-refractivity contribution in [2.75, 3.05) is 45.3 Å². The first-order valence-electron chi connectivity index (χ1n) is 11.9. The van der Waals surface area contributed by atoms with E-state index in [-0.39, 0.29) is 5.82 Å². The quantitative estimate of drug-likeness (QED) is 0.374. The van der Waals surface area contributed by atoms with Crippen LogP contribution in [0.4, 0.5) is 10.1 Å². The first kappa shape index (κ1) is 23.7. The van der Waals surface area contributed by atoms with E-state index < -0.39 is 6.04 Å². The largest absolute Gasteiger partial charge is 0.497 e. The van der Waals surface area contributed by atoms with Gasteiger partial charge in [0.2, 0.25) is 0 Å². The lowest BCUT2D eigenvalue weighted by atomic mass is 10.0. The number of rotatable bonds is 8. The third kappa shape index (κ3) is 4.87. The monoisotopic (exact) mass is 488 g/mol. The maximum absolute atomic E-state index is 15.1. The molecule has 0 aliphatic carbocycles. The molecule has 186 valence electrons. The van der Waals surface area contributed by atoms with Gasteiger partial charge in [-0.05, 0) is 46.3 Å². The second kappa shape index (κ2) is 10.7. The molecular weight excluding hydrogens is 459 g/mol. The van der Waals surface area contributed by atoms with Crippen molar-refractivity contribution in [3.63, 3.8) is 0 Å². The Bertz CT molecular complexity index is 1290. The topological polar surface area (TPSA) is 68.5 Å². The minimum atomic E-state index is -0.417. The Morgan fingerprint density at radius 1 is 0.861 bits per heavy atom. The second-order valence-corrected chi connectivity index (χ2v) is 8.66. The molecule has 0 radical (unpaired) electrons. The molecule has 1 saturated heterocycles. The van der Waals surface area contributed by atoms with Gasteiger partial charge in [-0.2, -0.15) is 0 Å². The van der Waals surface area contributed by atoms with Gasteiger partial charge in [0.1, 0.15) is 23.4 Å². The van der Waals surface area contributed by atoms with E-state index in [1.807, 2.05) is 54.6 Å². The number of methoxy groups -OCH3 is 2. The van der Waals surface area contributed by atoms with Crippen molar-refractivity contribution in [1.29, 1.82) is 0 Å². The molecule has 1 fully saturated rings. The molecule has 5 rings (SSSR count). The van der Waals surface area contributed by atoms with E-state index in [2.05, 4.69) is 31.4 Å². The molecule has 0 spiro atoms. The molecule has 36 heavy (non-hydrogen) atoms. The molecule has 2 heterocycles. The van der Waals surface area contributed by atoms with Crippen molar-refractivity contribution in [2.45, 2.75) is 12.6 Å². The SMILES string of the molecule is COc1ccc(Cn2nnnc2[C@@H](c2ccccc2F)N2CCN(c3ccccc3OC)CC2)cc1. The summed E-state index contributed by atoms with van der Waals surface area (Å²) in [6.07, 6.45) is 0. The van der Waals surface area contributed by atoms with Gasteiger partial charge in [0.25, 0.3) is 0 Å². The lowest BCUT2D eigenvalue weighted by molar-refractivity contribution is 0.197. The predicted molar refractivity (Wildman–Crippen MR) is 135 cm³/mol. The second-order valence-electron chi connectivity index (χ2n) is 8.66. The van der Waals surface area contributed by atoms with Crippen LogP contribution in [0.1, 0.15) is 23.0 Å². The van der Waals surface area contributed by atoms with Crippen molar-refractivity contribution in [3.05, 3.63) is 95.6 Å². The molecule has 4 aromatic rings. The van der Waals surface area contributed by atoms with Gasteiger partial charge in [-0.25, -0.2) is 9.07 Å². The van der Waals surface area contributed by atoms with E-state index in [1.165, 1.54) is 6.07 Å². The van der Waals surface area contributed by atoms with Gasteiger partial charge in [-0.3, -0.25) is 4.90 Å². The number of ether oxygens (including phenoxy) is 2. The molecule has 0 N–H and O–H groups in total. The highest BCUT2D eigenvalue weighted by atomic mass is 19.1. The van der Waals surface area contributed by atoms with Crippen molar-refractivity contribution < 1.29 is 13.9 Å². The molecular formula is C27H29FN6O2. The summed E-state index contributed by atoms with van der Waals surface area (Å²) in [7, 11) is 3.33. The van der Waals surface area contributed by atoms with Crippen molar-refractivity contribution in [2.24, 2.45) is 0 Å². The van der Waals surface area contributed by atoms with Crippen LogP contribution in [0.5, 0.6) is 11.5 Å². The van der Waals surface area contributed by atoms with E-state index in [1.54, 1.807) is 25.0 Å². The molecule has 0 bridgehead atoms. The number of anilines is 1. The Labute approximate surface area is 209 Å². The van der Waals surface area contributed by atoms with Crippen molar-refractivity contribution in [1.82, 2.24) is 25.1 Å². The molecule has 8 nitrogen and oxygen atoms in total. The summed E-state index contributed by atoms with van der Waals surface area (Å²) >= 11 is 0. The standard InChI is InChI=1S/C27H29FN6O2/c1-35-21-13-11-20(12-14-21)19-34-27(29-30-31-34)26(22-7-3-4-8-23(22)28)33-17-15-32(16-18-33)24-9-5-6-10-25(24)36-2/h3-14,26H,15-19H2,1-2H3/t26-/m1/s1. The van der Waals surface area contributed by atoms with Crippen LogP contribution in [0.15, 0.2) is 72.8 Å². The van der Waals surface area contributed by atoms with Crippen LogP contribution in [0.25, 0.3) is 0 Å². The highest BCUT2D eigenvalue weighted by Gasteiger charge is 2.32. The Balaban J connectivity index is 1.43. The fraction of sp³-hybridized carbons (Fsp3) is 0.296. The Morgan fingerprint density at radius 2 is 1.58 bits per heavy atom. The molecule has 1 aliphatic heterocycles. The number of benzene rings is 3. The lowest BCUT2D eigenvalue weighted by Crippen LogP contribution is -2.48. The van der Waals surface area contributed by atoms with Gasteiger partial charge in [0, 0.05) is 31.7 Å². The zero-order chi connectivity index (χ0) is 24.9. The first-order valence-corrected chi connectivity index (χ1v) is 11.9. The lowest BCUT2D eigenvalue weighted by Gasteiger charge is -2.40. The molecule has 1 aliphatic rings. The van der Waals surface area contributed by atoms with E-state index in [4.69, 9.17) is 9.47 Å². The third-order valence-corrected chi connectivity index (χ3v) is 6.60. The predicted octanol–water partition coefficient (Wildman–Crippen LogP) is 3.79. The van der Waals surface area contributed by atoms with E-state index in [0.717, 1.165) is 35.8 Å². The van der Waals surface area contributed by atoms with Crippen LogP contribution in [0.3, 0.4) is 0 Å². The Morgan fingerprint density at radius 3 is 2.31 bits per heavy atom. The highest BCUT2D eigenvalue weighted by Crippen LogP contribution is 2.33. The highest BCUT2D eigenvalue weighted by molar-refractivity contribution is 5.58. The third-order valence-electron chi connectivity index (χ3n) is 6.60. The summed E-state index contributed by atoms with van der Waals surface area (Å²) in [6.45, 7) is 3.44. The van der Waals surface area contributed by atoms with Gasteiger partial charge < -0.3 is 14.4 Å². The number of nitrogens with zero attached hydrogens (tertiary/aromatic N) is 6. The summed E-state index contributed by atoms with van der Waals surface area (Å²) in [5.74, 6) is 1.98. The van der Waals surface area contributed by atoms with Crippen LogP contribution in [0, 0.1) is 5.82 Å². The van der Waals surface area contributed by atoms with E-state index in [9.17, 15) is 0 Å². The fourth-order valence-corrected chi connectivity index (χ4v) is 4.73. The van der Waals surface area contributed by atoms with E-state index in [0.29, 0.717) is 31.0 Å². The van der Waals surface area contributed by atoms with Crippen LogP contribution in [-0.2, 0) is 6.54 Å². The summed E-state index contributed by atoms with van der Waals surface area (Å²) in [4.78, 5) is 4.55. The summed E-state index contributed by atoms with van der Waals surface area (Å²) < 4.78 is 27.7. The van der Waals surface area contributed by atoms with Crippen LogP contribution in [0.2, 0.25) is 0 Å². The molecule has 1 aromatic heterocycles. The normalized spacial score (nSPS) is 15.0. The van der Waals surface area contributed by atoms with Crippen LogP contribution < -0.4 is 14.4 Å². The number of halogens is 1. The smallest absolute Gasteiger partial charge is 0.173 e. The molecule has 3 aromatic carbocycles. The van der Waals surface area contributed by atoms with Crippen molar-refractivity contribution >= 4 is 5.69 Å². The number of aromatic nitrogens is 4. The zero-order valence-corrected chi connectivity index (χ0v) is 20.4. The van der Waals surface area contributed by atoms with Gasteiger partial charge >= 0.3 is 0 Å². The molecule has 1 atom stereocenters. The molecule has 9 heteroatoms. The fourth-order valence-electron chi connectivity index (χ4n) is 4.73. The summed E-state index contributed by atoms with van der Waals surface area (Å²) in [5, 5.41) is 12.6. The summed E-state index contributed by atoms with van der Waals surface area (Å²) in [5.41, 5.74) is 2.65. The molecule has 0 saturated carbocycles. The van der Waals surface area contributed by atoms with Gasteiger partial charge in [0.05, 0.1) is 26.5 Å². The van der Waals surface area contributed by atoms with Gasteiger partial charge in [0.15, 0.2) is 5.82 Å². The number of piperazine rings is 1. The van der Waals surface area contributed by atoms with Crippen LogP contribution >= 0.6 is 0 Å². The molecule has 0 unspecified atom stereocenters. The molecule has 0 amide bonds. The number of tetrazole rings is 1. The van der Waals surface area contributed by atoms with E-state index >= 15 is 4.39 Å². The number of hydrogen-bond donors (Lipinski definition) is 0. The number of para-hydroxylation sites is 2. The average Bonchev–Trinajstić information content (AvgIpc) is 3.38. The van der Waals surface area contributed by atoms with Gasteiger partial charge in [-0.1, -0.05) is 42.5 Å². The maximum atomic E-state index is 15.1. The summed E-state index contributed by atoms with van der Waals surface area (Å²) in [6, 6.07) is 22.2. The Hall–Kier alpha value is -3.98. The minimum Gasteiger partial charge on any atom is -0.497 e. The first-order chi connectivity index (χ1) is 17.7. The zero-order valence-electron chi connectivity index (χ0n) is 20.4.